The van der Waals surface area contributed by atoms with Crippen molar-refractivity contribution in [1.82, 2.24) is 9.88 Å². The first-order valence-electron chi connectivity index (χ1n) is 9.76. The molecule has 0 atom stereocenters. The van der Waals surface area contributed by atoms with Crippen molar-refractivity contribution in [3.63, 3.8) is 0 Å². The maximum absolute atomic E-state index is 13.2. The Hall–Kier alpha value is -3.22. The van der Waals surface area contributed by atoms with Crippen molar-refractivity contribution in [3.8, 4) is 0 Å². The van der Waals surface area contributed by atoms with Gasteiger partial charge in [0.25, 0.3) is 5.91 Å². The van der Waals surface area contributed by atoms with Crippen LogP contribution in [0.2, 0.25) is 10.0 Å². The molecule has 0 fully saturated rings. The summed E-state index contributed by atoms with van der Waals surface area (Å²) >= 11 is 12.2. The Morgan fingerprint density at radius 3 is 2.34 bits per heavy atom. The average molecular weight is 470 g/mol. The van der Waals surface area contributed by atoms with Crippen LogP contribution in [0.5, 0.6) is 0 Å². The lowest BCUT2D eigenvalue weighted by atomic mass is 10.1. The van der Waals surface area contributed by atoms with Crippen molar-refractivity contribution in [2.45, 2.75) is 13.0 Å². The molecular formula is C24H21Cl2N3O3. The van der Waals surface area contributed by atoms with Crippen molar-refractivity contribution < 1.29 is 14.4 Å². The number of anilines is 1. The van der Waals surface area contributed by atoms with Crippen LogP contribution in [0.1, 0.15) is 32.8 Å². The Bertz CT molecular complexity index is 1150. The molecule has 0 aliphatic carbocycles. The van der Waals surface area contributed by atoms with Gasteiger partial charge in [-0.1, -0.05) is 41.4 Å². The first kappa shape index (κ1) is 23.4. The highest BCUT2D eigenvalue weighted by Gasteiger charge is 2.22. The van der Waals surface area contributed by atoms with Crippen molar-refractivity contribution in [1.29, 1.82) is 0 Å². The summed E-state index contributed by atoms with van der Waals surface area (Å²) in [5.74, 6) is -1.02. The minimum atomic E-state index is -0.429. The van der Waals surface area contributed by atoms with E-state index in [4.69, 9.17) is 23.2 Å². The summed E-state index contributed by atoms with van der Waals surface area (Å²) in [7, 11) is 3.30. The predicted molar refractivity (Wildman–Crippen MR) is 125 cm³/mol. The molecule has 0 bridgehead atoms. The van der Waals surface area contributed by atoms with Crippen LogP contribution in [0.25, 0.3) is 0 Å². The van der Waals surface area contributed by atoms with Crippen LogP contribution in [0, 0.1) is 0 Å². The van der Waals surface area contributed by atoms with Crippen LogP contribution in [-0.4, -0.2) is 41.6 Å². The molecule has 0 unspecified atom stereocenters. The van der Waals surface area contributed by atoms with Gasteiger partial charge in [0, 0.05) is 31.5 Å². The van der Waals surface area contributed by atoms with Gasteiger partial charge in [-0.3, -0.25) is 19.4 Å². The zero-order valence-electron chi connectivity index (χ0n) is 17.6. The topological polar surface area (TPSA) is 70.6 Å². The van der Waals surface area contributed by atoms with E-state index in [2.05, 4.69) is 4.98 Å². The lowest BCUT2D eigenvalue weighted by Gasteiger charge is -2.24. The molecule has 1 aromatic heterocycles. The van der Waals surface area contributed by atoms with Gasteiger partial charge in [-0.25, -0.2) is 0 Å². The van der Waals surface area contributed by atoms with E-state index in [-0.39, 0.29) is 24.6 Å². The number of halogens is 2. The lowest BCUT2D eigenvalue weighted by Crippen LogP contribution is -2.32. The number of hydrogen-bond acceptors (Lipinski definition) is 4. The molecule has 32 heavy (non-hydrogen) atoms. The Morgan fingerprint density at radius 1 is 0.906 bits per heavy atom. The molecule has 0 saturated heterocycles. The highest BCUT2D eigenvalue weighted by molar-refractivity contribution is 6.42. The van der Waals surface area contributed by atoms with Gasteiger partial charge < -0.3 is 9.80 Å². The second-order valence-electron chi connectivity index (χ2n) is 7.29. The molecule has 0 radical (unpaired) electrons. The molecule has 2 aromatic carbocycles. The Labute approximate surface area is 196 Å². The fourth-order valence-electron chi connectivity index (χ4n) is 3.06. The molecule has 0 spiro atoms. The predicted octanol–water partition coefficient (Wildman–Crippen LogP) is 4.90. The minimum Gasteiger partial charge on any atom is -0.345 e. The largest absolute Gasteiger partial charge is 0.345 e. The summed E-state index contributed by atoms with van der Waals surface area (Å²) in [4.78, 5) is 45.2. The number of carbonyl (C=O) groups excluding carboxylic acids is 3. The minimum absolute atomic E-state index is 0.144. The molecule has 3 rings (SSSR count). The first-order chi connectivity index (χ1) is 15.3. The van der Waals surface area contributed by atoms with Gasteiger partial charge in [0.05, 0.1) is 23.0 Å². The number of Topliss-reactive ketones (excluding diaryl/α,β-unsaturated/α-hetero) is 1. The van der Waals surface area contributed by atoms with E-state index in [9.17, 15) is 14.4 Å². The molecule has 3 aromatic rings. The molecule has 2 amide bonds. The number of benzene rings is 2. The zero-order chi connectivity index (χ0) is 23.3. The Morgan fingerprint density at radius 2 is 1.69 bits per heavy atom. The molecule has 0 saturated carbocycles. The van der Waals surface area contributed by atoms with Crippen molar-refractivity contribution in [3.05, 3.63) is 93.7 Å². The van der Waals surface area contributed by atoms with Crippen LogP contribution in [0.15, 0.2) is 66.9 Å². The highest BCUT2D eigenvalue weighted by atomic mass is 35.5. The summed E-state index contributed by atoms with van der Waals surface area (Å²) in [6, 6.07) is 16.7. The van der Waals surface area contributed by atoms with E-state index in [1.165, 1.54) is 16.0 Å². The van der Waals surface area contributed by atoms with E-state index in [0.29, 0.717) is 21.3 Å². The molecule has 0 aliphatic rings. The Kier molecular flexibility index (Phi) is 7.62. The van der Waals surface area contributed by atoms with Gasteiger partial charge in [-0.05, 0) is 48.0 Å². The average Bonchev–Trinajstić information content (AvgIpc) is 2.79. The fraction of sp³-hybridized carbons (Fsp3) is 0.167. The number of carbonyl (C=O) groups is 3. The number of nitrogens with zero attached hydrogens (tertiary/aromatic N) is 3. The van der Waals surface area contributed by atoms with Gasteiger partial charge in [-0.2, -0.15) is 0 Å². The highest BCUT2D eigenvalue weighted by Crippen LogP contribution is 2.26. The van der Waals surface area contributed by atoms with E-state index in [1.807, 2.05) is 0 Å². The quantitative estimate of drug-likeness (QED) is 0.364. The van der Waals surface area contributed by atoms with Gasteiger partial charge in [0.15, 0.2) is 5.78 Å². The third-order valence-corrected chi connectivity index (χ3v) is 5.44. The third-order valence-electron chi connectivity index (χ3n) is 4.70. The van der Waals surface area contributed by atoms with Crippen molar-refractivity contribution in [2.24, 2.45) is 0 Å². The maximum atomic E-state index is 13.2. The second kappa shape index (κ2) is 10.4. The van der Waals surface area contributed by atoms with Crippen molar-refractivity contribution in [2.75, 3.05) is 19.0 Å². The molecule has 1 heterocycles. The van der Waals surface area contributed by atoms with Gasteiger partial charge >= 0.3 is 0 Å². The van der Waals surface area contributed by atoms with E-state index >= 15 is 0 Å². The smallest absolute Gasteiger partial charge is 0.253 e. The summed E-state index contributed by atoms with van der Waals surface area (Å²) in [6.45, 7) is 0.144. The third kappa shape index (κ3) is 5.72. The van der Waals surface area contributed by atoms with Crippen LogP contribution in [0.4, 0.5) is 5.69 Å². The second-order valence-corrected chi connectivity index (χ2v) is 8.11. The van der Waals surface area contributed by atoms with Gasteiger partial charge in [0.2, 0.25) is 5.91 Å². The first-order valence-corrected chi connectivity index (χ1v) is 10.5. The molecule has 8 heteroatoms. The number of hydrogen-bond donors (Lipinski definition) is 0. The molecule has 0 N–H and O–H groups in total. The number of rotatable bonds is 7. The monoisotopic (exact) mass is 469 g/mol. The number of amides is 2. The SMILES string of the molecule is CN(C)C(=O)c1cccc(N(Cc2ccc(Cl)c(Cl)c2)C(=O)CC(=O)c2ccccn2)c1. The van der Waals surface area contributed by atoms with Crippen LogP contribution < -0.4 is 4.90 Å². The number of pyridine rings is 1. The van der Waals surface area contributed by atoms with Crippen LogP contribution in [0.3, 0.4) is 0 Å². The standard InChI is InChI=1S/C24H21Cl2N3O3/c1-28(2)24(32)17-6-5-7-18(13-17)29(15-16-9-10-19(25)20(26)12-16)23(31)14-22(30)21-8-3-4-11-27-21/h3-13H,14-15H2,1-2H3. The molecule has 6 nitrogen and oxygen atoms in total. The summed E-state index contributed by atoms with van der Waals surface area (Å²) in [6.07, 6.45) is 1.13. The maximum Gasteiger partial charge on any atom is 0.253 e. The van der Waals surface area contributed by atoms with Crippen LogP contribution >= 0.6 is 23.2 Å². The van der Waals surface area contributed by atoms with E-state index in [0.717, 1.165) is 5.56 Å². The lowest BCUT2D eigenvalue weighted by molar-refractivity contribution is -0.117. The Balaban J connectivity index is 1.94. The number of aromatic nitrogens is 1. The zero-order valence-corrected chi connectivity index (χ0v) is 19.1. The van der Waals surface area contributed by atoms with Gasteiger partial charge in [0.1, 0.15) is 5.69 Å². The molecule has 0 aliphatic heterocycles. The van der Waals surface area contributed by atoms with Crippen LogP contribution in [-0.2, 0) is 11.3 Å². The van der Waals surface area contributed by atoms with Gasteiger partial charge in [-0.15, -0.1) is 0 Å². The fourth-order valence-corrected chi connectivity index (χ4v) is 3.38. The number of ketones is 1. The summed E-state index contributed by atoms with van der Waals surface area (Å²) in [5, 5.41) is 0.759. The molecular weight excluding hydrogens is 449 g/mol. The normalized spacial score (nSPS) is 10.5. The molecule has 164 valence electrons. The van der Waals surface area contributed by atoms with Crippen molar-refractivity contribution >= 4 is 46.5 Å². The van der Waals surface area contributed by atoms with E-state index < -0.39 is 11.7 Å². The summed E-state index contributed by atoms with van der Waals surface area (Å²) in [5.41, 5.74) is 1.85. The summed E-state index contributed by atoms with van der Waals surface area (Å²) < 4.78 is 0. The van der Waals surface area contributed by atoms with E-state index in [1.54, 1.807) is 74.8 Å².